The Balaban J connectivity index is 1.34. The van der Waals surface area contributed by atoms with Crippen LogP contribution in [0.2, 0.25) is 0 Å². The molecule has 21 nitrogen and oxygen atoms in total. The molecule has 4 atom stereocenters. The highest BCUT2D eigenvalue weighted by Gasteiger charge is 2.33. The molecule has 6 amide bonds. The number of phenols is 1. The smallest absolute Gasteiger partial charge is 0.293 e. The fourth-order valence-electron chi connectivity index (χ4n) is 8.08. The zero-order valence-electron chi connectivity index (χ0n) is 39.1. The molecule has 0 saturated heterocycles. The molecule has 4 aromatic carbocycles. The van der Waals surface area contributed by atoms with E-state index in [4.69, 9.17) is 11.5 Å². The third kappa shape index (κ3) is 15.8. The van der Waals surface area contributed by atoms with Gasteiger partial charge in [-0.25, -0.2) is 0 Å². The molecule has 0 spiro atoms. The number of hydrogen-bond donors (Lipinski definition) is 11. The molecule has 13 N–H and O–H groups in total. The third-order valence-electron chi connectivity index (χ3n) is 11.8. The lowest BCUT2D eigenvalue weighted by molar-refractivity contribution is -0.384. The largest absolute Gasteiger partial charge is 0.508 e. The first kappa shape index (κ1) is 51.9. The first-order chi connectivity index (χ1) is 34.2. The number of aromatic nitrogens is 1. The van der Waals surface area contributed by atoms with Crippen molar-refractivity contribution in [1.29, 1.82) is 0 Å². The molecule has 0 radical (unpaired) electrons. The number of fused-ring (bicyclic) bond motifs is 26. The highest BCUT2D eigenvalue weighted by molar-refractivity contribution is 6.00. The first-order valence-corrected chi connectivity index (χ1v) is 23.4. The summed E-state index contributed by atoms with van der Waals surface area (Å²) in [7, 11) is 0. The fraction of sp³-hybridized carbons (Fsp3) is 0.340. The molecule has 2 aliphatic heterocycles. The Bertz CT molecular complexity index is 2690. The molecule has 2 aliphatic rings. The molecule has 0 saturated carbocycles. The van der Waals surface area contributed by atoms with Crippen molar-refractivity contribution in [1.82, 2.24) is 36.9 Å². The van der Waals surface area contributed by atoms with Crippen LogP contribution in [0.5, 0.6) is 5.75 Å². The van der Waals surface area contributed by atoms with Crippen molar-refractivity contribution in [2.75, 3.05) is 31.5 Å². The summed E-state index contributed by atoms with van der Waals surface area (Å²) in [5.41, 5.74) is 13.5. The number of nitro benzene ring substituents is 1. The maximum atomic E-state index is 14.6. The van der Waals surface area contributed by atoms with E-state index in [0.29, 0.717) is 42.6 Å². The fourth-order valence-corrected chi connectivity index (χ4v) is 8.08. The van der Waals surface area contributed by atoms with Crippen molar-refractivity contribution in [3.05, 3.63) is 136 Å². The second kappa shape index (κ2) is 25.8. The Morgan fingerprint density at radius 2 is 1.27 bits per heavy atom. The molecule has 21 heteroatoms. The number of rotatable bonds is 11. The van der Waals surface area contributed by atoms with E-state index >= 15 is 0 Å². The second-order valence-electron chi connectivity index (χ2n) is 17.2. The van der Waals surface area contributed by atoms with E-state index in [1.165, 1.54) is 24.3 Å². The maximum Gasteiger partial charge on any atom is 0.293 e. The molecule has 7 rings (SSSR count). The number of para-hydroxylation sites is 1. The van der Waals surface area contributed by atoms with E-state index in [2.05, 4.69) is 47.2 Å². The molecular weight excluding hydrogens is 913 g/mol. The maximum absolute atomic E-state index is 14.6. The summed E-state index contributed by atoms with van der Waals surface area (Å²) in [5, 5.41) is 42.6. The van der Waals surface area contributed by atoms with Gasteiger partial charge < -0.3 is 58.8 Å². The van der Waals surface area contributed by atoms with Gasteiger partial charge in [0.1, 0.15) is 35.6 Å². The molecule has 71 heavy (non-hydrogen) atoms. The summed E-state index contributed by atoms with van der Waals surface area (Å²) in [6.07, 6.45) is 4.42. The number of anilines is 1. The Kier molecular flexibility index (Phi) is 18.8. The van der Waals surface area contributed by atoms with E-state index < -0.39 is 64.5 Å². The number of hydrogen-bond acceptors (Lipinski definition) is 11. The number of benzene rings is 4. The van der Waals surface area contributed by atoms with Gasteiger partial charge in [-0.05, 0) is 72.7 Å². The van der Waals surface area contributed by atoms with Crippen molar-refractivity contribution in [3.63, 3.8) is 0 Å². The number of carbonyl (C=O) groups is 6. The topological polar surface area (TPSA) is 330 Å². The number of guanidine groups is 1. The lowest BCUT2D eigenvalue weighted by atomic mass is 10.0. The van der Waals surface area contributed by atoms with Crippen LogP contribution in [0.1, 0.15) is 65.6 Å². The van der Waals surface area contributed by atoms with Gasteiger partial charge in [-0.1, -0.05) is 73.5 Å². The molecule has 3 heterocycles. The summed E-state index contributed by atoms with van der Waals surface area (Å²) in [5.74, 6) is -4.49. The number of H-pyrrole nitrogens is 1. The summed E-state index contributed by atoms with van der Waals surface area (Å²) in [6.45, 7) is 0.414. The zero-order chi connectivity index (χ0) is 50.7. The Morgan fingerprint density at radius 3 is 1.96 bits per heavy atom. The van der Waals surface area contributed by atoms with Gasteiger partial charge in [0.2, 0.25) is 29.5 Å². The van der Waals surface area contributed by atoms with Gasteiger partial charge in [-0.2, -0.15) is 0 Å². The molecule has 0 aliphatic carbocycles. The van der Waals surface area contributed by atoms with Crippen LogP contribution in [-0.2, 0) is 43.2 Å². The predicted molar refractivity (Wildman–Crippen MR) is 267 cm³/mol. The third-order valence-corrected chi connectivity index (χ3v) is 11.8. The van der Waals surface area contributed by atoms with Crippen LogP contribution in [0.15, 0.2) is 108 Å². The number of nitrogens with two attached hydrogens (primary N) is 2. The monoisotopic (exact) mass is 972 g/mol. The van der Waals surface area contributed by atoms with Crippen molar-refractivity contribution in [2.45, 2.75) is 82.0 Å². The number of phenolic OH excluding ortho intramolecular Hbond substituents is 1. The Labute approximate surface area is 409 Å². The molecule has 1 aromatic heterocycles. The average Bonchev–Trinajstić information content (AvgIpc) is 3.77. The lowest BCUT2D eigenvalue weighted by Crippen LogP contribution is -2.59. The van der Waals surface area contributed by atoms with Crippen LogP contribution >= 0.6 is 0 Å². The minimum absolute atomic E-state index is 0.00485. The van der Waals surface area contributed by atoms with Crippen molar-refractivity contribution >= 4 is 63.7 Å². The lowest BCUT2D eigenvalue weighted by Gasteiger charge is -2.27. The zero-order valence-corrected chi connectivity index (χ0v) is 39.1. The highest BCUT2D eigenvalue weighted by atomic mass is 16.6. The number of amides is 6. The summed E-state index contributed by atoms with van der Waals surface area (Å²) in [6, 6.07) is 20.8. The van der Waals surface area contributed by atoms with Gasteiger partial charge >= 0.3 is 0 Å². The van der Waals surface area contributed by atoms with Crippen LogP contribution in [-0.4, -0.2) is 107 Å². The van der Waals surface area contributed by atoms with Gasteiger partial charge in [0.05, 0.1) is 11.5 Å². The number of aliphatic imine (C=N–C) groups is 1. The van der Waals surface area contributed by atoms with Gasteiger partial charge in [-0.3, -0.25) is 43.9 Å². The van der Waals surface area contributed by atoms with Crippen molar-refractivity contribution in [2.24, 2.45) is 16.5 Å². The average molecular weight is 973 g/mol. The minimum atomic E-state index is -1.37. The molecule has 5 aromatic rings. The number of nitro groups is 1. The van der Waals surface area contributed by atoms with Crippen LogP contribution in [0.25, 0.3) is 10.9 Å². The molecule has 2 bridgehead atoms. The van der Waals surface area contributed by atoms with Crippen molar-refractivity contribution in [3.8, 4) is 5.75 Å². The van der Waals surface area contributed by atoms with E-state index in [9.17, 15) is 44.0 Å². The van der Waals surface area contributed by atoms with E-state index in [0.717, 1.165) is 29.8 Å². The van der Waals surface area contributed by atoms with E-state index in [-0.39, 0.29) is 73.8 Å². The summed E-state index contributed by atoms with van der Waals surface area (Å²) >= 11 is 0. The molecule has 374 valence electrons. The first-order valence-electron chi connectivity index (χ1n) is 23.4. The number of aromatic amines is 1. The molecular formula is C50H60N12O9. The van der Waals surface area contributed by atoms with E-state index in [1.807, 2.05) is 24.3 Å². The SMILES string of the molecule is NC(N)=NCCC[C@@H]1NC(=O)[C@@H](Cc2ccccc2)NC(=O)[C@H](Cc2ccc(O)cc2)NC(=O)c2ccc(c([N+](=O)[O-])c2)NCCCCCCNC(=O)CNC(=O)[C@H](Cc2c[nH]c3ccccc23)NC1=O. The van der Waals surface area contributed by atoms with Gasteiger partial charge in [0.25, 0.3) is 11.6 Å². The number of aromatic hydroxyl groups is 1. The molecule has 0 fully saturated rings. The Morgan fingerprint density at radius 1 is 0.662 bits per heavy atom. The van der Waals surface area contributed by atoms with Crippen LogP contribution in [0, 0.1) is 10.1 Å². The molecule has 0 unspecified atom stereocenters. The minimum Gasteiger partial charge on any atom is -0.508 e. The normalized spacial score (nSPS) is 19.3. The Hall–Kier alpha value is -8.49. The van der Waals surface area contributed by atoms with Crippen LogP contribution in [0.4, 0.5) is 11.4 Å². The summed E-state index contributed by atoms with van der Waals surface area (Å²) < 4.78 is 0. The van der Waals surface area contributed by atoms with Gasteiger partial charge in [0.15, 0.2) is 5.96 Å². The standard InChI is InChI=1S/C50H60N12O9/c51-50(52)55-24-10-15-39-47(67)61-42(27-34-29-56-37-14-7-6-13-36(34)37)46(66)57-30-44(64)54-23-9-2-1-8-22-53-38-21-18-33(28-43(38)62(70)71)45(65)59-40(26-32-16-19-35(63)20-17-32)49(69)60-41(48(68)58-39)25-31-11-4-3-5-12-31/h3-7,11-14,16-21,28-29,39-42,53,56,63H,1-2,8-10,15,22-27,30H2,(H,54,64)(H,57,66)(H,58,68)(H,59,65)(H,60,69)(H,61,67)(H4,51,52,55)/t39-,40-,41+,42-/m0/s1. The van der Waals surface area contributed by atoms with Gasteiger partial charge in [-0.15, -0.1) is 0 Å². The van der Waals surface area contributed by atoms with Crippen molar-refractivity contribution < 1.29 is 38.8 Å². The van der Waals surface area contributed by atoms with E-state index in [1.54, 1.807) is 48.7 Å². The van der Waals surface area contributed by atoms with Crippen LogP contribution in [0.3, 0.4) is 0 Å². The second-order valence-corrected chi connectivity index (χ2v) is 17.2. The number of nitrogens with one attached hydrogen (secondary N) is 8. The number of carbonyl (C=O) groups excluding carboxylic acids is 6. The predicted octanol–water partition coefficient (Wildman–Crippen LogP) is 2.33. The summed E-state index contributed by atoms with van der Waals surface area (Å²) in [4.78, 5) is 103. The van der Waals surface area contributed by atoms with Gasteiger partial charge in [0, 0.05) is 67.6 Å². The quantitative estimate of drug-likeness (QED) is 0.0227. The highest BCUT2D eigenvalue weighted by Crippen LogP contribution is 2.26. The number of nitrogens with zero attached hydrogens (tertiary/aromatic N) is 2. The van der Waals surface area contributed by atoms with Crippen LogP contribution < -0.4 is 48.7 Å².